The molecule has 0 aliphatic rings. The lowest BCUT2D eigenvalue weighted by Gasteiger charge is -2.05. The van der Waals surface area contributed by atoms with Gasteiger partial charge < -0.3 is 10.6 Å². The Hall–Kier alpha value is -1.65. The van der Waals surface area contributed by atoms with Crippen LogP contribution >= 0.6 is 0 Å². The van der Waals surface area contributed by atoms with E-state index in [0.717, 1.165) is 5.69 Å². The molecule has 1 aromatic heterocycles. The van der Waals surface area contributed by atoms with Crippen LogP contribution in [0.25, 0.3) is 0 Å². The quantitative estimate of drug-likeness (QED) is 0.681. The second-order valence-electron chi connectivity index (χ2n) is 2.54. The number of amides is 1. The Labute approximate surface area is 76.6 Å². The molecule has 1 amide bonds. The predicted octanol–water partition coefficient (Wildman–Crippen LogP) is 0.186. The Morgan fingerprint density at radius 3 is 2.69 bits per heavy atom. The Morgan fingerprint density at radius 1 is 1.46 bits per heavy atom. The third-order valence-electron chi connectivity index (χ3n) is 1.57. The molecule has 1 heterocycles. The number of rotatable bonds is 2. The van der Waals surface area contributed by atoms with Gasteiger partial charge >= 0.3 is 0 Å². The number of nitrogens with zero attached hydrogens (tertiary/aromatic N) is 2. The molecule has 13 heavy (non-hydrogen) atoms. The predicted molar refractivity (Wildman–Crippen MR) is 49.7 cm³/mol. The minimum absolute atomic E-state index is 0.236. The summed E-state index contributed by atoms with van der Waals surface area (Å²) in [5.41, 5.74) is 1.04. The summed E-state index contributed by atoms with van der Waals surface area (Å²) in [6.07, 6.45) is 1.61. The molecule has 5 heteroatoms. The maximum Gasteiger partial charge on any atom is 0.273 e. The zero-order valence-electron chi connectivity index (χ0n) is 7.88. The van der Waals surface area contributed by atoms with Gasteiger partial charge in [0.25, 0.3) is 5.91 Å². The first-order valence-electron chi connectivity index (χ1n) is 3.92. The van der Waals surface area contributed by atoms with Gasteiger partial charge in [0.1, 0.15) is 0 Å². The summed E-state index contributed by atoms with van der Waals surface area (Å²) in [5.74, 6) is 0.255. The van der Waals surface area contributed by atoms with Crippen LogP contribution in [0.2, 0.25) is 0 Å². The molecule has 0 aromatic carbocycles. The van der Waals surface area contributed by atoms with Gasteiger partial charge in [0.2, 0.25) is 0 Å². The lowest BCUT2D eigenvalue weighted by atomic mass is 10.3. The number of carbonyl (C=O) groups excluding carboxylic acids is 1. The van der Waals surface area contributed by atoms with E-state index in [4.69, 9.17) is 0 Å². The fourth-order valence-corrected chi connectivity index (χ4v) is 0.937. The van der Waals surface area contributed by atoms with E-state index < -0.39 is 0 Å². The van der Waals surface area contributed by atoms with E-state index >= 15 is 0 Å². The number of hydrogen-bond acceptors (Lipinski definition) is 4. The first kappa shape index (κ1) is 9.44. The molecule has 0 fully saturated rings. The molecule has 0 unspecified atom stereocenters. The summed E-state index contributed by atoms with van der Waals surface area (Å²) in [6, 6.07) is 0. The standard InChI is InChI=1S/C8H12N4O/c1-5-4-11-7(9-2)6(12-5)8(13)10-3/h4H,1-3H3,(H,9,11)(H,10,13). The fourth-order valence-electron chi connectivity index (χ4n) is 0.937. The summed E-state index contributed by atoms with van der Waals surface area (Å²) in [7, 11) is 3.26. The molecule has 70 valence electrons. The van der Waals surface area contributed by atoms with Gasteiger partial charge in [-0.3, -0.25) is 4.79 Å². The Balaban J connectivity index is 3.15. The van der Waals surface area contributed by atoms with Gasteiger partial charge in [0.05, 0.1) is 11.9 Å². The SMILES string of the molecule is CNC(=O)c1nc(C)cnc1NC. The van der Waals surface area contributed by atoms with Gasteiger partial charge in [-0.05, 0) is 6.92 Å². The molecule has 0 radical (unpaired) electrons. The van der Waals surface area contributed by atoms with Gasteiger partial charge in [0, 0.05) is 14.1 Å². The fraction of sp³-hybridized carbons (Fsp3) is 0.375. The van der Waals surface area contributed by atoms with Crippen molar-refractivity contribution in [2.45, 2.75) is 6.92 Å². The molecule has 0 bridgehead atoms. The van der Waals surface area contributed by atoms with Crippen LogP contribution in [-0.4, -0.2) is 30.0 Å². The molecule has 0 saturated carbocycles. The number of anilines is 1. The van der Waals surface area contributed by atoms with Gasteiger partial charge in [-0.15, -0.1) is 0 Å². The van der Waals surface area contributed by atoms with Gasteiger partial charge in [-0.1, -0.05) is 0 Å². The summed E-state index contributed by atoms with van der Waals surface area (Å²) in [5, 5.41) is 5.31. The minimum Gasteiger partial charge on any atom is -0.371 e. The van der Waals surface area contributed by atoms with Crippen LogP contribution in [-0.2, 0) is 0 Å². The molecular weight excluding hydrogens is 168 g/mol. The maximum absolute atomic E-state index is 11.3. The minimum atomic E-state index is -0.236. The van der Waals surface area contributed by atoms with Crippen molar-refractivity contribution < 1.29 is 4.79 Å². The van der Waals surface area contributed by atoms with Gasteiger partial charge in [0.15, 0.2) is 11.5 Å². The van der Waals surface area contributed by atoms with Crippen molar-refractivity contribution in [2.75, 3.05) is 19.4 Å². The average Bonchev–Trinajstić information content (AvgIpc) is 2.16. The average molecular weight is 180 g/mol. The van der Waals surface area contributed by atoms with Crippen molar-refractivity contribution >= 4 is 11.7 Å². The van der Waals surface area contributed by atoms with Crippen molar-refractivity contribution in [3.05, 3.63) is 17.6 Å². The van der Waals surface area contributed by atoms with Crippen molar-refractivity contribution in [3.63, 3.8) is 0 Å². The molecule has 1 aromatic rings. The lowest BCUT2D eigenvalue weighted by Crippen LogP contribution is -2.21. The van der Waals surface area contributed by atoms with E-state index in [-0.39, 0.29) is 5.91 Å². The highest BCUT2D eigenvalue weighted by atomic mass is 16.1. The molecule has 5 nitrogen and oxygen atoms in total. The van der Waals surface area contributed by atoms with E-state index in [0.29, 0.717) is 11.5 Å². The van der Waals surface area contributed by atoms with Crippen LogP contribution in [0.4, 0.5) is 5.82 Å². The van der Waals surface area contributed by atoms with E-state index in [1.165, 1.54) is 0 Å². The van der Waals surface area contributed by atoms with Gasteiger partial charge in [-0.2, -0.15) is 0 Å². The number of hydrogen-bond donors (Lipinski definition) is 2. The maximum atomic E-state index is 11.3. The van der Waals surface area contributed by atoms with Crippen LogP contribution < -0.4 is 10.6 Å². The van der Waals surface area contributed by atoms with Crippen LogP contribution in [0.1, 0.15) is 16.2 Å². The van der Waals surface area contributed by atoms with Crippen LogP contribution in [0.3, 0.4) is 0 Å². The van der Waals surface area contributed by atoms with E-state index in [1.54, 1.807) is 27.2 Å². The Bertz CT molecular complexity index is 324. The molecule has 1 rings (SSSR count). The van der Waals surface area contributed by atoms with E-state index in [9.17, 15) is 4.79 Å². The molecular formula is C8H12N4O. The van der Waals surface area contributed by atoms with Crippen molar-refractivity contribution in [1.29, 1.82) is 0 Å². The highest BCUT2D eigenvalue weighted by Gasteiger charge is 2.11. The second kappa shape index (κ2) is 3.84. The first-order chi connectivity index (χ1) is 6.19. The molecule has 0 atom stereocenters. The molecule has 2 N–H and O–H groups in total. The molecule has 0 aliphatic carbocycles. The summed E-state index contributed by atoms with van der Waals surface area (Å²) < 4.78 is 0. The largest absolute Gasteiger partial charge is 0.371 e. The monoisotopic (exact) mass is 180 g/mol. The Kier molecular flexibility index (Phi) is 2.79. The normalized spacial score (nSPS) is 9.46. The summed E-state index contributed by atoms with van der Waals surface area (Å²) >= 11 is 0. The third-order valence-corrected chi connectivity index (χ3v) is 1.57. The summed E-state index contributed by atoms with van der Waals surface area (Å²) in [6.45, 7) is 1.79. The number of aromatic nitrogens is 2. The zero-order chi connectivity index (χ0) is 9.84. The van der Waals surface area contributed by atoms with E-state index in [1.807, 2.05) is 0 Å². The number of aryl methyl sites for hydroxylation is 1. The molecule has 0 saturated heterocycles. The smallest absolute Gasteiger partial charge is 0.273 e. The highest BCUT2D eigenvalue weighted by molar-refractivity contribution is 5.96. The molecule has 0 spiro atoms. The lowest BCUT2D eigenvalue weighted by molar-refractivity contribution is 0.0958. The van der Waals surface area contributed by atoms with Crippen molar-refractivity contribution in [2.24, 2.45) is 0 Å². The van der Waals surface area contributed by atoms with E-state index in [2.05, 4.69) is 20.6 Å². The Morgan fingerprint density at radius 2 is 2.15 bits per heavy atom. The van der Waals surface area contributed by atoms with Crippen LogP contribution in [0, 0.1) is 6.92 Å². The van der Waals surface area contributed by atoms with Crippen molar-refractivity contribution in [3.8, 4) is 0 Å². The second-order valence-corrected chi connectivity index (χ2v) is 2.54. The molecule has 0 aliphatic heterocycles. The highest BCUT2D eigenvalue weighted by Crippen LogP contribution is 2.08. The first-order valence-corrected chi connectivity index (χ1v) is 3.92. The topological polar surface area (TPSA) is 66.9 Å². The summed E-state index contributed by atoms with van der Waals surface area (Å²) in [4.78, 5) is 19.4. The third kappa shape index (κ3) is 1.93. The number of nitrogens with one attached hydrogen (secondary N) is 2. The van der Waals surface area contributed by atoms with Crippen molar-refractivity contribution in [1.82, 2.24) is 15.3 Å². The number of carbonyl (C=O) groups is 1. The van der Waals surface area contributed by atoms with Crippen LogP contribution in [0.5, 0.6) is 0 Å². The zero-order valence-corrected chi connectivity index (χ0v) is 7.88. The van der Waals surface area contributed by atoms with Gasteiger partial charge in [-0.25, -0.2) is 9.97 Å². The van der Waals surface area contributed by atoms with Crippen LogP contribution in [0.15, 0.2) is 6.20 Å².